The number of hydrogen-bond donors (Lipinski definition) is 1. The Balaban J connectivity index is 2.01. The molecule has 2 rings (SSSR count). The smallest absolute Gasteiger partial charge is 0.185 e. The molecule has 108 valence electrons. The molecule has 1 aliphatic carbocycles. The summed E-state index contributed by atoms with van der Waals surface area (Å²) in [6.45, 7) is 8.69. The van der Waals surface area contributed by atoms with Crippen LogP contribution in [0.4, 0.5) is 5.13 Å². The molecule has 1 unspecified atom stereocenters. The highest BCUT2D eigenvalue weighted by Crippen LogP contribution is 2.32. The summed E-state index contributed by atoms with van der Waals surface area (Å²) in [4.78, 5) is 8.50. The Labute approximate surface area is 121 Å². The average Bonchev–Trinajstić information content (AvgIpc) is 2.98. The first-order valence-electron chi connectivity index (χ1n) is 7.53. The largest absolute Gasteiger partial charge is 0.351 e. The predicted octanol–water partition coefficient (Wildman–Crippen LogP) is 3.75. The van der Waals surface area contributed by atoms with Crippen LogP contribution in [0.15, 0.2) is 0 Å². The number of rotatable bonds is 6. The van der Waals surface area contributed by atoms with Gasteiger partial charge in [0.25, 0.3) is 0 Å². The Morgan fingerprint density at radius 2 is 2.11 bits per heavy atom. The molecule has 1 atom stereocenters. The van der Waals surface area contributed by atoms with Crippen molar-refractivity contribution < 1.29 is 0 Å². The number of anilines is 1. The molecule has 0 aliphatic heterocycles. The minimum atomic E-state index is 0.413. The fourth-order valence-electron chi connectivity index (χ4n) is 3.02. The molecule has 0 aromatic carbocycles. The minimum absolute atomic E-state index is 0.413. The number of thiazole rings is 1. The Morgan fingerprint density at radius 3 is 2.74 bits per heavy atom. The molecule has 0 amide bonds. The van der Waals surface area contributed by atoms with Crippen LogP contribution in [0.1, 0.15) is 56.1 Å². The Kier molecular flexibility index (Phi) is 5.22. The van der Waals surface area contributed by atoms with E-state index < -0.39 is 0 Å². The van der Waals surface area contributed by atoms with Crippen molar-refractivity contribution in [3.63, 3.8) is 0 Å². The van der Waals surface area contributed by atoms with E-state index in [1.54, 1.807) is 0 Å². The van der Waals surface area contributed by atoms with Gasteiger partial charge in [-0.15, -0.1) is 11.3 Å². The summed E-state index contributed by atoms with van der Waals surface area (Å²) < 4.78 is 0. The molecule has 1 aliphatic rings. The van der Waals surface area contributed by atoms with Gasteiger partial charge in [-0.25, -0.2) is 4.98 Å². The van der Waals surface area contributed by atoms with Crippen molar-refractivity contribution in [2.75, 3.05) is 25.0 Å². The van der Waals surface area contributed by atoms with E-state index in [0.717, 1.165) is 12.5 Å². The molecule has 0 bridgehead atoms. The van der Waals surface area contributed by atoms with Crippen molar-refractivity contribution in [2.45, 2.75) is 52.5 Å². The zero-order chi connectivity index (χ0) is 13.8. The first kappa shape index (κ1) is 14.8. The summed E-state index contributed by atoms with van der Waals surface area (Å²) in [5.41, 5.74) is 1.19. The van der Waals surface area contributed by atoms with Crippen LogP contribution < -0.4 is 10.2 Å². The van der Waals surface area contributed by atoms with E-state index in [2.05, 4.69) is 38.0 Å². The predicted molar refractivity (Wildman–Crippen MR) is 84.2 cm³/mol. The molecule has 1 aromatic rings. The van der Waals surface area contributed by atoms with Gasteiger partial charge in [0.1, 0.15) is 0 Å². The third kappa shape index (κ3) is 3.69. The summed E-state index contributed by atoms with van der Waals surface area (Å²) in [5, 5.41) is 4.66. The monoisotopic (exact) mass is 281 g/mol. The van der Waals surface area contributed by atoms with E-state index in [1.165, 1.54) is 47.9 Å². The van der Waals surface area contributed by atoms with Crippen LogP contribution in [0, 0.1) is 12.8 Å². The Morgan fingerprint density at radius 1 is 1.42 bits per heavy atom. The maximum absolute atomic E-state index is 4.76. The maximum Gasteiger partial charge on any atom is 0.185 e. The maximum atomic E-state index is 4.76. The van der Waals surface area contributed by atoms with E-state index in [1.807, 2.05) is 11.3 Å². The number of nitrogens with one attached hydrogen (secondary N) is 1. The second kappa shape index (κ2) is 6.71. The van der Waals surface area contributed by atoms with Crippen LogP contribution in [0.3, 0.4) is 0 Å². The van der Waals surface area contributed by atoms with Crippen molar-refractivity contribution in [3.8, 4) is 0 Å². The highest BCUT2D eigenvalue weighted by molar-refractivity contribution is 7.15. The lowest BCUT2D eigenvalue weighted by Gasteiger charge is -2.20. The second-order valence-corrected chi connectivity index (χ2v) is 6.77. The van der Waals surface area contributed by atoms with Crippen LogP contribution in [0.2, 0.25) is 0 Å². The fourth-order valence-corrected chi connectivity index (χ4v) is 4.08. The lowest BCUT2D eigenvalue weighted by Crippen LogP contribution is -2.23. The van der Waals surface area contributed by atoms with Crippen LogP contribution in [0.5, 0.6) is 0 Å². The van der Waals surface area contributed by atoms with Gasteiger partial charge >= 0.3 is 0 Å². The Bertz CT molecular complexity index is 396. The van der Waals surface area contributed by atoms with E-state index in [0.29, 0.717) is 6.04 Å². The third-order valence-corrected chi connectivity index (χ3v) is 5.51. The molecule has 1 aromatic heterocycles. The van der Waals surface area contributed by atoms with E-state index >= 15 is 0 Å². The highest BCUT2D eigenvalue weighted by Gasteiger charge is 2.20. The summed E-state index contributed by atoms with van der Waals surface area (Å²) in [5.74, 6) is 0.879. The van der Waals surface area contributed by atoms with Gasteiger partial charge in [0.05, 0.1) is 5.69 Å². The highest BCUT2D eigenvalue weighted by atomic mass is 32.1. The number of nitrogens with zero attached hydrogens (tertiary/aromatic N) is 2. The van der Waals surface area contributed by atoms with Crippen LogP contribution in [-0.2, 0) is 0 Å². The van der Waals surface area contributed by atoms with Crippen molar-refractivity contribution in [1.82, 2.24) is 10.3 Å². The van der Waals surface area contributed by atoms with E-state index in [4.69, 9.17) is 4.98 Å². The molecule has 0 saturated heterocycles. The van der Waals surface area contributed by atoms with E-state index in [9.17, 15) is 0 Å². The van der Waals surface area contributed by atoms with Crippen molar-refractivity contribution in [3.05, 3.63) is 10.6 Å². The molecule has 1 heterocycles. The van der Waals surface area contributed by atoms with Gasteiger partial charge in [0, 0.05) is 24.5 Å². The number of hydrogen-bond acceptors (Lipinski definition) is 4. The molecule has 0 radical (unpaired) electrons. The molecule has 19 heavy (non-hydrogen) atoms. The second-order valence-electron chi connectivity index (χ2n) is 5.76. The normalized spacial score (nSPS) is 17.9. The van der Waals surface area contributed by atoms with E-state index in [-0.39, 0.29) is 0 Å². The van der Waals surface area contributed by atoms with Crippen molar-refractivity contribution in [2.24, 2.45) is 5.92 Å². The molecule has 3 nitrogen and oxygen atoms in total. The Hall–Kier alpha value is -0.610. The summed E-state index contributed by atoms with van der Waals surface area (Å²) in [7, 11) is 2.19. The third-order valence-electron chi connectivity index (χ3n) is 4.06. The number of aryl methyl sites for hydroxylation is 1. The van der Waals surface area contributed by atoms with Crippen molar-refractivity contribution in [1.29, 1.82) is 0 Å². The van der Waals surface area contributed by atoms with Crippen LogP contribution >= 0.6 is 11.3 Å². The summed E-state index contributed by atoms with van der Waals surface area (Å²) in [6.07, 6.45) is 5.63. The van der Waals surface area contributed by atoms with Crippen LogP contribution in [-0.4, -0.2) is 25.1 Å². The fraction of sp³-hybridized carbons (Fsp3) is 0.800. The van der Waals surface area contributed by atoms with Gasteiger partial charge in [-0.05, 0) is 39.2 Å². The van der Waals surface area contributed by atoms with Gasteiger partial charge < -0.3 is 10.2 Å². The zero-order valence-corrected chi connectivity index (χ0v) is 13.5. The summed E-state index contributed by atoms with van der Waals surface area (Å²) in [6, 6.07) is 0.413. The quantitative estimate of drug-likeness (QED) is 0.861. The van der Waals surface area contributed by atoms with Gasteiger partial charge in [0.2, 0.25) is 0 Å². The molecule has 4 heteroatoms. The standard InChI is InChI=1S/C15H27N3S/c1-5-16-11(2)14-12(3)17-15(19-14)18(4)10-13-8-6-7-9-13/h11,13,16H,5-10H2,1-4H3. The van der Waals surface area contributed by atoms with Gasteiger partial charge in [0.15, 0.2) is 5.13 Å². The van der Waals surface area contributed by atoms with Gasteiger partial charge in [-0.3, -0.25) is 0 Å². The molecule has 1 fully saturated rings. The van der Waals surface area contributed by atoms with Gasteiger partial charge in [-0.2, -0.15) is 0 Å². The zero-order valence-electron chi connectivity index (χ0n) is 12.7. The first-order chi connectivity index (χ1) is 9.11. The molecule has 1 saturated carbocycles. The van der Waals surface area contributed by atoms with Crippen molar-refractivity contribution >= 4 is 16.5 Å². The number of aromatic nitrogens is 1. The molecular weight excluding hydrogens is 254 g/mol. The minimum Gasteiger partial charge on any atom is -0.351 e. The molecule has 0 spiro atoms. The molecule has 1 N–H and O–H groups in total. The molecular formula is C15H27N3S. The SMILES string of the molecule is CCNC(C)c1sc(N(C)CC2CCCC2)nc1C. The topological polar surface area (TPSA) is 28.2 Å². The first-order valence-corrected chi connectivity index (χ1v) is 8.35. The lowest BCUT2D eigenvalue weighted by molar-refractivity contribution is 0.546. The van der Waals surface area contributed by atoms with Gasteiger partial charge in [-0.1, -0.05) is 19.8 Å². The lowest BCUT2D eigenvalue weighted by atomic mass is 10.1. The van der Waals surface area contributed by atoms with Crippen LogP contribution in [0.25, 0.3) is 0 Å². The average molecular weight is 281 g/mol. The summed E-state index contributed by atoms with van der Waals surface area (Å²) >= 11 is 1.85.